The summed E-state index contributed by atoms with van der Waals surface area (Å²) in [6.45, 7) is 4.95. The van der Waals surface area contributed by atoms with Gasteiger partial charge in [-0.1, -0.05) is 19.1 Å². The van der Waals surface area contributed by atoms with Gasteiger partial charge >= 0.3 is 0 Å². The zero-order valence-corrected chi connectivity index (χ0v) is 26.6. The van der Waals surface area contributed by atoms with E-state index in [4.69, 9.17) is 19.2 Å². The number of allylic oxidation sites excluding steroid dienone is 2. The number of aromatic nitrogens is 4. The van der Waals surface area contributed by atoms with Gasteiger partial charge in [0.05, 0.1) is 43.3 Å². The maximum atomic E-state index is 13.3. The SMILES string of the molecule is C/C=C1/C(=O)N(CCN(c2cc(OC)cc(OC)c2)c2ccc3ncc(-c4cnn(C5CCCCO5)c4)nc3c2)C(=O)/C1=C/CC. The zero-order valence-electron chi connectivity index (χ0n) is 26.6. The Morgan fingerprint density at radius 3 is 2.46 bits per heavy atom. The lowest BCUT2D eigenvalue weighted by atomic mass is 10.1. The molecule has 11 heteroatoms. The fraction of sp³-hybridized carbons (Fsp3) is 0.343. The van der Waals surface area contributed by atoms with E-state index in [1.807, 2.05) is 59.1 Å². The third-order valence-electron chi connectivity index (χ3n) is 8.32. The van der Waals surface area contributed by atoms with E-state index >= 15 is 0 Å². The van der Waals surface area contributed by atoms with Crippen molar-refractivity contribution in [2.75, 3.05) is 38.8 Å². The Kier molecular flexibility index (Phi) is 9.11. The predicted octanol–water partition coefficient (Wildman–Crippen LogP) is 6.00. The normalized spacial score (nSPS) is 18.6. The summed E-state index contributed by atoms with van der Waals surface area (Å²) < 4.78 is 18.9. The number of ether oxygens (including phenoxy) is 3. The standard InChI is InChI=1S/C35H38N6O5/c1-5-9-29-28(6-2)34(42)40(35(29)43)14-13-39(25-16-26(44-3)19-27(17-25)45-4)24-11-12-30-31(18-24)38-32(21-36-30)23-20-37-41(22-23)33-10-7-8-15-46-33/h6,9,11-12,16-22,33H,5,7-8,10,13-15H2,1-4H3/b28-6+,29-9+. The largest absolute Gasteiger partial charge is 0.497 e. The molecule has 0 saturated carbocycles. The number of hydrogen-bond acceptors (Lipinski definition) is 9. The monoisotopic (exact) mass is 622 g/mol. The van der Waals surface area contributed by atoms with Crippen LogP contribution < -0.4 is 14.4 Å². The molecule has 2 aromatic heterocycles. The van der Waals surface area contributed by atoms with Crippen molar-refractivity contribution in [3.8, 4) is 22.8 Å². The number of likely N-dealkylation sites (tertiary alicyclic amines) is 1. The van der Waals surface area contributed by atoms with Crippen molar-refractivity contribution in [1.82, 2.24) is 24.6 Å². The van der Waals surface area contributed by atoms with E-state index in [0.29, 0.717) is 46.8 Å². The second kappa shape index (κ2) is 13.5. The summed E-state index contributed by atoms with van der Waals surface area (Å²) >= 11 is 0. The van der Waals surface area contributed by atoms with Crippen molar-refractivity contribution >= 4 is 34.2 Å². The molecule has 6 rings (SSSR count). The third-order valence-corrected chi connectivity index (χ3v) is 8.32. The van der Waals surface area contributed by atoms with Crippen LogP contribution in [0.25, 0.3) is 22.3 Å². The van der Waals surface area contributed by atoms with Crippen LogP contribution in [0.4, 0.5) is 11.4 Å². The average Bonchev–Trinajstić information content (AvgIpc) is 3.68. The highest BCUT2D eigenvalue weighted by Crippen LogP contribution is 2.35. The van der Waals surface area contributed by atoms with Gasteiger partial charge in [0.15, 0.2) is 0 Å². The van der Waals surface area contributed by atoms with Gasteiger partial charge in [0.25, 0.3) is 11.8 Å². The highest BCUT2D eigenvalue weighted by molar-refractivity contribution is 6.24. The van der Waals surface area contributed by atoms with Crippen molar-refractivity contribution in [1.29, 1.82) is 0 Å². The number of carbonyl (C=O) groups is 2. The zero-order chi connectivity index (χ0) is 32.2. The van der Waals surface area contributed by atoms with Crippen molar-refractivity contribution in [2.24, 2.45) is 0 Å². The Bertz CT molecular complexity index is 1800. The molecule has 238 valence electrons. The molecule has 0 radical (unpaired) electrons. The number of hydrogen-bond donors (Lipinski definition) is 0. The minimum atomic E-state index is -0.288. The molecule has 1 unspecified atom stereocenters. The van der Waals surface area contributed by atoms with Crippen molar-refractivity contribution in [3.63, 3.8) is 0 Å². The molecule has 1 atom stereocenters. The smallest absolute Gasteiger partial charge is 0.261 e. The summed E-state index contributed by atoms with van der Waals surface area (Å²) in [5, 5.41) is 4.54. The van der Waals surface area contributed by atoms with Gasteiger partial charge < -0.3 is 19.1 Å². The van der Waals surface area contributed by atoms with E-state index in [9.17, 15) is 9.59 Å². The summed E-state index contributed by atoms with van der Waals surface area (Å²) in [4.78, 5) is 39.6. The van der Waals surface area contributed by atoms with Gasteiger partial charge in [-0.3, -0.25) is 19.5 Å². The number of fused-ring (bicyclic) bond motifs is 1. The lowest BCUT2D eigenvalue weighted by Gasteiger charge is -2.28. The second-order valence-corrected chi connectivity index (χ2v) is 11.2. The molecule has 2 fully saturated rings. The first-order valence-corrected chi connectivity index (χ1v) is 15.6. The van der Waals surface area contributed by atoms with Crippen LogP contribution in [0.2, 0.25) is 0 Å². The number of rotatable bonds is 10. The molecule has 2 saturated heterocycles. The van der Waals surface area contributed by atoms with Gasteiger partial charge in [-0.15, -0.1) is 0 Å². The summed E-state index contributed by atoms with van der Waals surface area (Å²) in [6.07, 6.45) is 12.7. The maximum absolute atomic E-state index is 13.3. The maximum Gasteiger partial charge on any atom is 0.261 e. The molecule has 0 aliphatic carbocycles. The highest BCUT2D eigenvalue weighted by atomic mass is 16.5. The quantitative estimate of drug-likeness (QED) is 0.155. The molecule has 4 aromatic rings. The van der Waals surface area contributed by atoms with Crippen LogP contribution in [0.3, 0.4) is 0 Å². The van der Waals surface area contributed by atoms with Gasteiger partial charge in [0.1, 0.15) is 17.7 Å². The van der Waals surface area contributed by atoms with Crippen molar-refractivity contribution < 1.29 is 23.8 Å². The van der Waals surface area contributed by atoms with Crippen LogP contribution in [0, 0.1) is 0 Å². The molecule has 2 aliphatic rings. The molecular formula is C35H38N6O5. The Labute approximate surface area is 268 Å². The lowest BCUT2D eigenvalue weighted by Crippen LogP contribution is -2.36. The molecule has 46 heavy (non-hydrogen) atoms. The first kappa shape index (κ1) is 31.0. The molecule has 0 spiro atoms. The molecular weight excluding hydrogens is 584 g/mol. The lowest BCUT2D eigenvalue weighted by molar-refractivity contribution is -0.136. The van der Waals surface area contributed by atoms with E-state index < -0.39 is 0 Å². The molecule has 0 bridgehead atoms. The average molecular weight is 623 g/mol. The number of amides is 2. The Morgan fingerprint density at radius 1 is 0.978 bits per heavy atom. The summed E-state index contributed by atoms with van der Waals surface area (Å²) in [5.41, 5.74) is 5.43. The van der Waals surface area contributed by atoms with E-state index in [0.717, 1.165) is 48.3 Å². The van der Waals surface area contributed by atoms with Gasteiger partial charge in [-0.25, -0.2) is 9.67 Å². The minimum absolute atomic E-state index is 0.0669. The first-order valence-electron chi connectivity index (χ1n) is 15.6. The molecule has 2 amide bonds. The number of carbonyl (C=O) groups excluding carboxylic acids is 2. The first-order chi connectivity index (χ1) is 22.4. The molecule has 4 heterocycles. The van der Waals surface area contributed by atoms with Crippen LogP contribution in [-0.4, -0.2) is 70.4 Å². The van der Waals surface area contributed by atoms with Gasteiger partial charge in [0, 0.05) is 72.2 Å². The number of benzene rings is 2. The van der Waals surface area contributed by atoms with E-state index in [2.05, 4.69) is 10.1 Å². The van der Waals surface area contributed by atoms with Crippen LogP contribution in [0.5, 0.6) is 11.5 Å². The van der Waals surface area contributed by atoms with Crippen LogP contribution in [0.15, 0.2) is 78.3 Å². The fourth-order valence-corrected chi connectivity index (χ4v) is 5.92. The molecule has 11 nitrogen and oxygen atoms in total. The van der Waals surface area contributed by atoms with Gasteiger partial charge in [-0.05, 0) is 50.8 Å². The van der Waals surface area contributed by atoms with Crippen LogP contribution >= 0.6 is 0 Å². The van der Waals surface area contributed by atoms with Crippen molar-refractivity contribution in [2.45, 2.75) is 45.8 Å². The predicted molar refractivity (Wildman–Crippen MR) is 175 cm³/mol. The topological polar surface area (TPSA) is 112 Å². The second-order valence-electron chi connectivity index (χ2n) is 11.2. The highest BCUT2D eigenvalue weighted by Gasteiger charge is 2.38. The van der Waals surface area contributed by atoms with E-state index in [-0.39, 0.29) is 24.6 Å². The minimum Gasteiger partial charge on any atom is -0.497 e. The Balaban J connectivity index is 1.35. The van der Waals surface area contributed by atoms with E-state index in [1.165, 1.54) is 4.90 Å². The third kappa shape index (κ3) is 6.10. The van der Waals surface area contributed by atoms with E-state index in [1.54, 1.807) is 45.7 Å². The summed E-state index contributed by atoms with van der Waals surface area (Å²) in [5.74, 6) is 0.651. The summed E-state index contributed by atoms with van der Waals surface area (Å²) in [6, 6.07) is 11.4. The molecule has 2 aliphatic heterocycles. The van der Waals surface area contributed by atoms with Gasteiger partial charge in [0.2, 0.25) is 0 Å². The number of nitrogens with zero attached hydrogens (tertiary/aromatic N) is 6. The van der Waals surface area contributed by atoms with Crippen LogP contribution in [-0.2, 0) is 14.3 Å². The Morgan fingerprint density at radius 2 is 1.76 bits per heavy atom. The van der Waals surface area contributed by atoms with Crippen molar-refractivity contribution in [3.05, 3.63) is 78.3 Å². The Hall–Kier alpha value is -5.03. The molecule has 2 aromatic carbocycles. The number of methoxy groups -OCH3 is 2. The van der Waals surface area contributed by atoms with Gasteiger partial charge in [-0.2, -0.15) is 5.10 Å². The number of imide groups is 1. The van der Waals surface area contributed by atoms with Crippen LogP contribution in [0.1, 0.15) is 45.8 Å². The summed E-state index contributed by atoms with van der Waals surface area (Å²) in [7, 11) is 3.20. The molecule has 0 N–H and O–H groups in total. The fourth-order valence-electron chi connectivity index (χ4n) is 5.92. The number of anilines is 2.